The molecule has 0 atom stereocenters. The Hall–Kier alpha value is -3.59. The minimum atomic E-state index is -0.573. The van der Waals surface area contributed by atoms with Crippen LogP contribution in [0.25, 0.3) is 5.69 Å². The maximum atomic E-state index is 12.3. The second kappa shape index (κ2) is 9.75. The molecule has 0 unspecified atom stereocenters. The number of aromatic nitrogens is 3. The van der Waals surface area contributed by atoms with Crippen LogP contribution in [0.2, 0.25) is 5.02 Å². The number of carbonyl (C=O) groups excluding carboxylic acids is 2. The van der Waals surface area contributed by atoms with Gasteiger partial charge in [-0.3, -0.25) is 9.59 Å². The molecule has 0 bridgehead atoms. The number of anilines is 1. The monoisotopic (exact) mass is 430 g/mol. The molecule has 3 aromatic rings. The molecule has 0 aliphatic heterocycles. The van der Waals surface area contributed by atoms with Gasteiger partial charge < -0.3 is 19.5 Å². The van der Waals surface area contributed by atoms with Crippen LogP contribution in [0.5, 0.6) is 11.5 Å². The first-order valence-corrected chi connectivity index (χ1v) is 9.19. The number of nitrogens with one attached hydrogen (secondary N) is 1. The number of hydrogen-bond acceptors (Lipinski definition) is 7. The third kappa shape index (κ3) is 5.26. The van der Waals surface area contributed by atoms with E-state index in [0.717, 1.165) is 0 Å². The third-order valence-electron chi connectivity index (χ3n) is 4.09. The smallest absolute Gasteiger partial charge is 0.310 e. The Kier molecular flexibility index (Phi) is 6.87. The highest BCUT2D eigenvalue weighted by molar-refractivity contribution is 6.31. The highest BCUT2D eigenvalue weighted by atomic mass is 35.5. The Labute approximate surface area is 177 Å². The summed E-state index contributed by atoms with van der Waals surface area (Å²) in [6.07, 6.45) is 2.80. The fourth-order valence-corrected chi connectivity index (χ4v) is 2.85. The molecule has 9 nitrogen and oxygen atoms in total. The average molecular weight is 431 g/mol. The number of carbonyl (C=O) groups is 2. The van der Waals surface area contributed by atoms with Crippen molar-refractivity contribution in [3.05, 3.63) is 59.6 Å². The largest absolute Gasteiger partial charge is 0.497 e. The molecule has 1 amide bonds. The van der Waals surface area contributed by atoms with Gasteiger partial charge in [-0.1, -0.05) is 17.7 Å². The van der Waals surface area contributed by atoms with Gasteiger partial charge in [-0.05, 0) is 24.3 Å². The van der Waals surface area contributed by atoms with E-state index in [4.69, 9.17) is 25.8 Å². The zero-order valence-corrected chi connectivity index (χ0v) is 17.0. The molecule has 0 radical (unpaired) electrons. The van der Waals surface area contributed by atoms with Gasteiger partial charge in [0.1, 0.15) is 24.2 Å². The Bertz CT molecular complexity index is 1040. The number of halogens is 1. The number of methoxy groups -OCH3 is 2. The molecule has 30 heavy (non-hydrogen) atoms. The van der Waals surface area contributed by atoms with Crippen LogP contribution in [-0.4, -0.2) is 47.5 Å². The van der Waals surface area contributed by atoms with Crippen molar-refractivity contribution in [2.24, 2.45) is 0 Å². The van der Waals surface area contributed by atoms with E-state index in [2.05, 4.69) is 15.4 Å². The first-order chi connectivity index (χ1) is 14.5. The van der Waals surface area contributed by atoms with Crippen molar-refractivity contribution in [2.75, 3.05) is 26.1 Å². The summed E-state index contributed by atoms with van der Waals surface area (Å²) in [6.45, 7) is -0.458. The van der Waals surface area contributed by atoms with Crippen LogP contribution >= 0.6 is 11.6 Å². The summed E-state index contributed by atoms with van der Waals surface area (Å²) in [5.41, 5.74) is 1.59. The number of rotatable bonds is 8. The van der Waals surface area contributed by atoms with Crippen LogP contribution in [0.3, 0.4) is 0 Å². The van der Waals surface area contributed by atoms with Gasteiger partial charge in [0, 0.05) is 16.7 Å². The van der Waals surface area contributed by atoms with Crippen LogP contribution in [-0.2, 0) is 20.7 Å². The van der Waals surface area contributed by atoms with Gasteiger partial charge in [-0.25, -0.2) is 9.67 Å². The van der Waals surface area contributed by atoms with Crippen LogP contribution in [0, 0.1) is 0 Å². The normalized spacial score (nSPS) is 10.4. The van der Waals surface area contributed by atoms with Crippen molar-refractivity contribution in [3.63, 3.8) is 0 Å². The lowest BCUT2D eigenvalue weighted by Gasteiger charge is -2.12. The van der Waals surface area contributed by atoms with Crippen molar-refractivity contribution in [3.8, 4) is 17.2 Å². The van der Waals surface area contributed by atoms with E-state index < -0.39 is 18.5 Å². The molecular formula is C20H19ClN4O5. The molecule has 10 heteroatoms. The fraction of sp³-hybridized carbons (Fsp3) is 0.200. The first-order valence-electron chi connectivity index (χ1n) is 8.81. The van der Waals surface area contributed by atoms with E-state index in [1.165, 1.54) is 31.6 Å². The zero-order valence-electron chi connectivity index (χ0n) is 16.3. The number of amides is 1. The van der Waals surface area contributed by atoms with E-state index in [0.29, 0.717) is 33.5 Å². The van der Waals surface area contributed by atoms with E-state index in [1.807, 2.05) is 0 Å². The predicted octanol–water partition coefficient (Wildman–Crippen LogP) is 2.66. The summed E-state index contributed by atoms with van der Waals surface area (Å²) in [7, 11) is 3.03. The van der Waals surface area contributed by atoms with Crippen molar-refractivity contribution in [1.29, 1.82) is 0 Å². The lowest BCUT2D eigenvalue weighted by atomic mass is 10.1. The SMILES string of the molecule is COc1ccc(CC(=O)OCC(=O)Nc2cc(Cl)ccc2-n2cncn2)c(OC)c1. The minimum absolute atomic E-state index is 0.0538. The Morgan fingerprint density at radius 2 is 1.97 bits per heavy atom. The lowest BCUT2D eigenvalue weighted by molar-refractivity contribution is -0.146. The zero-order chi connectivity index (χ0) is 21.5. The molecule has 1 aromatic heterocycles. The second-order valence-corrected chi connectivity index (χ2v) is 6.50. The topological polar surface area (TPSA) is 105 Å². The number of benzene rings is 2. The molecule has 2 aromatic carbocycles. The Morgan fingerprint density at radius 3 is 2.67 bits per heavy atom. The maximum absolute atomic E-state index is 12.3. The van der Waals surface area contributed by atoms with E-state index in [1.54, 1.807) is 36.4 Å². The summed E-state index contributed by atoms with van der Waals surface area (Å²) in [4.78, 5) is 28.3. The summed E-state index contributed by atoms with van der Waals surface area (Å²) in [5, 5.41) is 7.13. The lowest BCUT2D eigenvalue weighted by Crippen LogP contribution is -2.22. The maximum Gasteiger partial charge on any atom is 0.310 e. The van der Waals surface area contributed by atoms with Crippen LogP contribution in [0.15, 0.2) is 49.1 Å². The number of nitrogens with zero attached hydrogens (tertiary/aromatic N) is 3. The number of hydrogen-bond donors (Lipinski definition) is 1. The highest BCUT2D eigenvalue weighted by Gasteiger charge is 2.15. The molecule has 1 heterocycles. The second-order valence-electron chi connectivity index (χ2n) is 6.06. The van der Waals surface area contributed by atoms with Crippen LogP contribution in [0.4, 0.5) is 5.69 Å². The first kappa shape index (κ1) is 21.1. The predicted molar refractivity (Wildman–Crippen MR) is 109 cm³/mol. The quantitative estimate of drug-likeness (QED) is 0.548. The summed E-state index contributed by atoms with van der Waals surface area (Å²) in [6, 6.07) is 10.0. The van der Waals surface area contributed by atoms with Gasteiger partial charge in [0.2, 0.25) is 0 Å². The van der Waals surface area contributed by atoms with Crippen molar-refractivity contribution in [2.45, 2.75) is 6.42 Å². The average Bonchev–Trinajstić information content (AvgIpc) is 3.27. The number of esters is 1. The molecule has 0 fully saturated rings. The molecule has 0 saturated heterocycles. The van der Waals surface area contributed by atoms with Crippen LogP contribution < -0.4 is 14.8 Å². The van der Waals surface area contributed by atoms with E-state index in [9.17, 15) is 9.59 Å². The van der Waals surface area contributed by atoms with Crippen molar-refractivity contribution >= 4 is 29.2 Å². The van der Waals surface area contributed by atoms with Gasteiger partial charge in [-0.2, -0.15) is 5.10 Å². The Morgan fingerprint density at radius 1 is 1.13 bits per heavy atom. The minimum Gasteiger partial charge on any atom is -0.497 e. The van der Waals surface area contributed by atoms with Gasteiger partial charge in [0.05, 0.1) is 32.0 Å². The highest BCUT2D eigenvalue weighted by Crippen LogP contribution is 2.26. The van der Waals surface area contributed by atoms with Crippen molar-refractivity contribution < 1.29 is 23.8 Å². The van der Waals surface area contributed by atoms with Gasteiger partial charge in [0.15, 0.2) is 6.61 Å². The van der Waals surface area contributed by atoms with Gasteiger partial charge in [-0.15, -0.1) is 0 Å². The molecule has 0 saturated carbocycles. The third-order valence-corrected chi connectivity index (χ3v) is 4.33. The molecule has 156 valence electrons. The molecule has 3 rings (SSSR count). The summed E-state index contributed by atoms with van der Waals surface area (Å²) in [5.74, 6) is 0.00472. The van der Waals surface area contributed by atoms with Gasteiger partial charge >= 0.3 is 5.97 Å². The Balaban J connectivity index is 1.60. The standard InChI is InChI=1S/C20H19ClN4O5/c1-28-15-5-3-13(18(9-15)29-2)7-20(27)30-10-19(26)24-16-8-14(21)4-6-17(16)25-12-22-11-23-25/h3-6,8-9,11-12H,7,10H2,1-2H3,(H,24,26). The molecular weight excluding hydrogens is 412 g/mol. The van der Waals surface area contributed by atoms with E-state index in [-0.39, 0.29) is 6.42 Å². The molecule has 1 N–H and O–H groups in total. The summed E-state index contributed by atoms with van der Waals surface area (Å²) < 4.78 is 17.0. The van der Waals surface area contributed by atoms with Gasteiger partial charge in [0.25, 0.3) is 5.91 Å². The fourth-order valence-electron chi connectivity index (χ4n) is 2.68. The van der Waals surface area contributed by atoms with Crippen LogP contribution in [0.1, 0.15) is 5.56 Å². The number of ether oxygens (including phenoxy) is 3. The van der Waals surface area contributed by atoms with Crippen molar-refractivity contribution in [1.82, 2.24) is 14.8 Å². The van der Waals surface area contributed by atoms with E-state index >= 15 is 0 Å². The molecule has 0 aliphatic rings. The summed E-state index contributed by atoms with van der Waals surface area (Å²) >= 11 is 6.03. The molecule has 0 aliphatic carbocycles. The molecule has 0 spiro atoms.